The molecule has 2 aliphatic rings. The number of carbonyl (C=O) groups is 2. The van der Waals surface area contributed by atoms with Gasteiger partial charge in [-0.1, -0.05) is 0 Å². The zero-order valence-electron chi connectivity index (χ0n) is 18.6. The van der Waals surface area contributed by atoms with Gasteiger partial charge in [-0.3, -0.25) is 9.59 Å². The Morgan fingerprint density at radius 2 is 1.67 bits per heavy atom. The van der Waals surface area contributed by atoms with Gasteiger partial charge in [-0.2, -0.15) is 4.31 Å². The van der Waals surface area contributed by atoms with Crippen LogP contribution >= 0.6 is 0 Å². The fraction of sp³-hybridized carbons (Fsp3) is 0.391. The Kier molecular flexibility index (Phi) is 6.57. The van der Waals surface area contributed by atoms with Gasteiger partial charge in [0.1, 0.15) is 0 Å². The molecule has 2 amide bonds. The first-order valence-electron chi connectivity index (χ1n) is 10.8. The number of anilines is 1. The van der Waals surface area contributed by atoms with Crippen molar-refractivity contribution in [2.75, 3.05) is 38.8 Å². The summed E-state index contributed by atoms with van der Waals surface area (Å²) in [5.74, 6) is 0.610. The first-order valence-corrected chi connectivity index (χ1v) is 12.2. The minimum absolute atomic E-state index is 0.112. The number of ether oxygens (including phenoxy) is 2. The van der Waals surface area contributed by atoms with Gasteiger partial charge in [0.15, 0.2) is 11.5 Å². The number of amides is 2. The van der Waals surface area contributed by atoms with Crippen molar-refractivity contribution in [3.8, 4) is 11.5 Å². The van der Waals surface area contributed by atoms with E-state index in [0.29, 0.717) is 42.4 Å². The second kappa shape index (κ2) is 9.40. The highest BCUT2D eigenvalue weighted by Crippen LogP contribution is 2.33. The standard InChI is InChI=1S/C23H27N3O6S/c1-31-20-10-7-18(14-21(20)32-2)26-15-17(13-22(26)27)24-23(28)16-5-8-19(9-6-16)33(29,30)25-11-3-4-12-25/h5-10,14,17H,3-4,11-13,15H2,1-2H3,(H,24,28). The van der Waals surface area contributed by atoms with Crippen molar-refractivity contribution in [3.63, 3.8) is 0 Å². The van der Waals surface area contributed by atoms with Gasteiger partial charge < -0.3 is 19.7 Å². The van der Waals surface area contributed by atoms with Gasteiger partial charge in [0, 0.05) is 43.4 Å². The van der Waals surface area contributed by atoms with Crippen LogP contribution in [-0.4, -0.2) is 64.4 Å². The third kappa shape index (κ3) is 4.67. The van der Waals surface area contributed by atoms with Crippen LogP contribution in [0, 0.1) is 0 Å². The van der Waals surface area contributed by atoms with E-state index in [2.05, 4.69) is 5.32 Å². The lowest BCUT2D eigenvalue weighted by molar-refractivity contribution is -0.117. The highest BCUT2D eigenvalue weighted by atomic mass is 32.2. The molecule has 33 heavy (non-hydrogen) atoms. The smallest absolute Gasteiger partial charge is 0.251 e. The van der Waals surface area contributed by atoms with Gasteiger partial charge >= 0.3 is 0 Å². The van der Waals surface area contributed by atoms with Crippen molar-refractivity contribution in [3.05, 3.63) is 48.0 Å². The van der Waals surface area contributed by atoms with Crippen LogP contribution in [0.4, 0.5) is 5.69 Å². The highest BCUT2D eigenvalue weighted by molar-refractivity contribution is 7.89. The molecule has 2 saturated heterocycles. The fourth-order valence-electron chi connectivity index (χ4n) is 4.17. The summed E-state index contributed by atoms with van der Waals surface area (Å²) in [7, 11) is -0.462. The number of carbonyl (C=O) groups excluding carboxylic acids is 2. The van der Waals surface area contributed by atoms with Crippen molar-refractivity contribution in [2.45, 2.75) is 30.2 Å². The maximum Gasteiger partial charge on any atom is 0.251 e. The van der Waals surface area contributed by atoms with Crippen molar-refractivity contribution in [1.82, 2.24) is 9.62 Å². The molecule has 1 N–H and O–H groups in total. The molecule has 10 heteroatoms. The first-order chi connectivity index (χ1) is 15.8. The van der Waals surface area contributed by atoms with Crippen LogP contribution in [-0.2, 0) is 14.8 Å². The van der Waals surface area contributed by atoms with Crippen molar-refractivity contribution < 1.29 is 27.5 Å². The first kappa shape index (κ1) is 23.1. The molecule has 1 unspecified atom stereocenters. The molecule has 0 saturated carbocycles. The fourth-order valence-corrected chi connectivity index (χ4v) is 5.69. The minimum Gasteiger partial charge on any atom is -0.493 e. The molecule has 0 aromatic heterocycles. The largest absolute Gasteiger partial charge is 0.493 e. The second-order valence-corrected chi connectivity index (χ2v) is 9.99. The number of hydrogen-bond donors (Lipinski definition) is 1. The van der Waals surface area contributed by atoms with E-state index >= 15 is 0 Å². The van der Waals surface area contributed by atoms with E-state index in [-0.39, 0.29) is 29.2 Å². The summed E-state index contributed by atoms with van der Waals surface area (Å²) in [5.41, 5.74) is 0.998. The molecule has 0 aliphatic carbocycles. The lowest BCUT2D eigenvalue weighted by atomic mass is 10.2. The average molecular weight is 474 g/mol. The molecule has 0 radical (unpaired) electrons. The maximum atomic E-state index is 12.7. The number of nitrogens with zero attached hydrogens (tertiary/aromatic N) is 2. The second-order valence-electron chi connectivity index (χ2n) is 8.05. The van der Waals surface area contributed by atoms with Gasteiger partial charge in [0.25, 0.3) is 5.91 Å². The topological polar surface area (TPSA) is 105 Å². The third-order valence-electron chi connectivity index (χ3n) is 5.96. The van der Waals surface area contributed by atoms with Crippen LogP contribution < -0.4 is 19.7 Å². The lowest BCUT2D eigenvalue weighted by Gasteiger charge is -2.19. The molecule has 9 nitrogen and oxygen atoms in total. The maximum absolute atomic E-state index is 12.7. The highest BCUT2D eigenvalue weighted by Gasteiger charge is 2.32. The summed E-state index contributed by atoms with van der Waals surface area (Å²) >= 11 is 0. The summed E-state index contributed by atoms with van der Waals surface area (Å²) in [6.45, 7) is 1.37. The Hall–Kier alpha value is -3.11. The van der Waals surface area contributed by atoms with Crippen molar-refractivity contribution >= 4 is 27.5 Å². The lowest BCUT2D eigenvalue weighted by Crippen LogP contribution is -2.37. The molecule has 2 aromatic carbocycles. The Balaban J connectivity index is 1.41. The number of sulfonamides is 1. The van der Waals surface area contributed by atoms with Crippen molar-refractivity contribution in [2.24, 2.45) is 0 Å². The summed E-state index contributed by atoms with van der Waals surface area (Å²) in [6, 6.07) is 10.8. The van der Waals surface area contributed by atoms with Crippen LogP contribution in [0.5, 0.6) is 11.5 Å². The predicted molar refractivity (Wildman–Crippen MR) is 122 cm³/mol. The monoisotopic (exact) mass is 473 g/mol. The summed E-state index contributed by atoms with van der Waals surface area (Å²) in [5, 5.41) is 2.87. The molecule has 1 atom stereocenters. The molecule has 2 heterocycles. The van der Waals surface area contributed by atoms with E-state index in [1.165, 1.54) is 35.7 Å². The van der Waals surface area contributed by atoms with Gasteiger partial charge in [-0.05, 0) is 49.2 Å². The molecular formula is C23H27N3O6S. The average Bonchev–Trinajstić information content (AvgIpc) is 3.49. The van der Waals surface area contributed by atoms with Crippen LogP contribution in [0.15, 0.2) is 47.4 Å². The van der Waals surface area contributed by atoms with Gasteiger partial charge in [-0.15, -0.1) is 0 Å². The quantitative estimate of drug-likeness (QED) is 0.660. The molecule has 0 spiro atoms. The van der Waals surface area contributed by atoms with E-state index < -0.39 is 10.0 Å². The summed E-state index contributed by atoms with van der Waals surface area (Å²) in [6.07, 6.45) is 1.89. The molecule has 0 bridgehead atoms. The Morgan fingerprint density at radius 3 is 2.30 bits per heavy atom. The molecule has 2 fully saturated rings. The molecule has 2 aromatic rings. The summed E-state index contributed by atoms with van der Waals surface area (Å²) in [4.78, 5) is 27.1. The number of hydrogen-bond acceptors (Lipinski definition) is 6. The van der Waals surface area contributed by atoms with Gasteiger partial charge in [0.2, 0.25) is 15.9 Å². The number of nitrogens with one attached hydrogen (secondary N) is 1. The van der Waals surface area contributed by atoms with Crippen molar-refractivity contribution in [1.29, 1.82) is 0 Å². The number of rotatable bonds is 7. The number of methoxy groups -OCH3 is 2. The SMILES string of the molecule is COc1ccc(N2CC(NC(=O)c3ccc(S(=O)(=O)N4CCCC4)cc3)CC2=O)cc1OC. The predicted octanol–water partition coefficient (Wildman–Crippen LogP) is 2.02. The van der Waals surface area contributed by atoms with Crippen LogP contribution in [0.1, 0.15) is 29.6 Å². The van der Waals surface area contributed by atoms with E-state index in [1.807, 2.05) is 0 Å². The number of benzene rings is 2. The molecule has 2 aliphatic heterocycles. The molecule has 4 rings (SSSR count). The van der Waals surface area contributed by atoms with Crippen LogP contribution in [0.3, 0.4) is 0 Å². The third-order valence-corrected chi connectivity index (χ3v) is 7.87. The Labute approximate surface area is 193 Å². The Bertz CT molecular complexity index is 1140. The van der Waals surface area contributed by atoms with Gasteiger partial charge in [0.05, 0.1) is 25.2 Å². The van der Waals surface area contributed by atoms with E-state index in [9.17, 15) is 18.0 Å². The van der Waals surface area contributed by atoms with Crippen LogP contribution in [0.2, 0.25) is 0 Å². The Morgan fingerprint density at radius 1 is 1.00 bits per heavy atom. The van der Waals surface area contributed by atoms with E-state index in [0.717, 1.165) is 12.8 Å². The normalized spacial score (nSPS) is 19.0. The van der Waals surface area contributed by atoms with Gasteiger partial charge in [-0.25, -0.2) is 8.42 Å². The van der Waals surface area contributed by atoms with Crippen LogP contribution in [0.25, 0.3) is 0 Å². The van der Waals surface area contributed by atoms with E-state index in [4.69, 9.17) is 9.47 Å². The minimum atomic E-state index is -3.53. The van der Waals surface area contributed by atoms with E-state index in [1.54, 1.807) is 30.2 Å². The summed E-state index contributed by atoms with van der Waals surface area (Å²) < 4.78 is 37.3. The molecular weight excluding hydrogens is 446 g/mol. The zero-order chi connectivity index (χ0) is 23.6. The zero-order valence-corrected chi connectivity index (χ0v) is 19.4. The molecule has 176 valence electrons.